The van der Waals surface area contributed by atoms with E-state index >= 15 is 0 Å². The van der Waals surface area contributed by atoms with E-state index in [1.54, 1.807) is 30.3 Å². The third-order valence-electron chi connectivity index (χ3n) is 4.82. The molecule has 0 aromatic heterocycles. The van der Waals surface area contributed by atoms with Crippen molar-refractivity contribution in [2.24, 2.45) is 0 Å². The molecule has 0 heterocycles. The van der Waals surface area contributed by atoms with Crippen LogP contribution < -0.4 is 20.1 Å². The monoisotopic (exact) mass is 455 g/mol. The Balaban J connectivity index is 1.59. The minimum atomic E-state index is -0.449. The number of para-hydroxylation sites is 1. The molecule has 0 radical (unpaired) electrons. The molecule has 0 atom stereocenters. The standard InChI is InChI=1S/C27H25N3O4/c1-33-25-17-21(12-13-24(25)34-19-26(31)30-23-10-6-3-7-11-23)16-22(18-28)27(32)29-15-14-20-8-4-2-5-9-20/h2-13,16-17H,14-15,19H2,1H3,(H,29,32)(H,30,31)/b22-16+. The lowest BCUT2D eigenvalue weighted by atomic mass is 10.1. The summed E-state index contributed by atoms with van der Waals surface area (Å²) >= 11 is 0. The first-order valence-electron chi connectivity index (χ1n) is 10.7. The van der Waals surface area contributed by atoms with Gasteiger partial charge >= 0.3 is 0 Å². The van der Waals surface area contributed by atoms with Crippen LogP contribution >= 0.6 is 0 Å². The molecule has 3 rings (SSSR count). The van der Waals surface area contributed by atoms with Crippen molar-refractivity contribution >= 4 is 23.6 Å². The van der Waals surface area contributed by atoms with Crippen molar-refractivity contribution in [1.29, 1.82) is 5.26 Å². The van der Waals surface area contributed by atoms with Gasteiger partial charge in [0.2, 0.25) is 0 Å². The summed E-state index contributed by atoms with van der Waals surface area (Å²) < 4.78 is 10.9. The smallest absolute Gasteiger partial charge is 0.262 e. The van der Waals surface area contributed by atoms with Gasteiger partial charge in [-0.1, -0.05) is 54.6 Å². The molecule has 7 nitrogen and oxygen atoms in total. The van der Waals surface area contributed by atoms with Crippen molar-refractivity contribution in [3.63, 3.8) is 0 Å². The third kappa shape index (κ3) is 7.24. The Labute approximate surface area is 198 Å². The summed E-state index contributed by atoms with van der Waals surface area (Å²) in [6.07, 6.45) is 2.15. The molecule has 172 valence electrons. The SMILES string of the molecule is COc1cc(/C=C(\C#N)C(=O)NCCc2ccccc2)ccc1OCC(=O)Nc1ccccc1. The lowest BCUT2D eigenvalue weighted by molar-refractivity contribution is -0.118. The van der Waals surface area contributed by atoms with E-state index in [2.05, 4.69) is 10.6 Å². The highest BCUT2D eigenvalue weighted by atomic mass is 16.5. The van der Waals surface area contributed by atoms with E-state index in [-0.39, 0.29) is 18.1 Å². The van der Waals surface area contributed by atoms with Gasteiger partial charge in [-0.05, 0) is 47.9 Å². The molecule has 0 saturated heterocycles. The second-order valence-corrected chi connectivity index (χ2v) is 7.27. The maximum atomic E-state index is 12.4. The summed E-state index contributed by atoms with van der Waals surface area (Å²) in [7, 11) is 1.47. The molecule has 3 aromatic rings. The average Bonchev–Trinajstić information content (AvgIpc) is 2.87. The van der Waals surface area contributed by atoms with E-state index in [1.807, 2.05) is 54.6 Å². The minimum Gasteiger partial charge on any atom is -0.493 e. The quantitative estimate of drug-likeness (QED) is 0.356. The zero-order chi connectivity index (χ0) is 24.2. The molecular weight excluding hydrogens is 430 g/mol. The minimum absolute atomic E-state index is 0.0222. The predicted octanol–water partition coefficient (Wildman–Crippen LogP) is 3.98. The average molecular weight is 456 g/mol. The van der Waals surface area contributed by atoms with Crippen LogP contribution in [0.15, 0.2) is 84.4 Å². The third-order valence-corrected chi connectivity index (χ3v) is 4.82. The normalized spacial score (nSPS) is 10.6. The summed E-state index contributed by atoms with van der Waals surface area (Å²) in [5.41, 5.74) is 2.34. The number of methoxy groups -OCH3 is 1. The Bertz CT molecular complexity index is 1190. The topological polar surface area (TPSA) is 100 Å². The summed E-state index contributed by atoms with van der Waals surface area (Å²) in [6, 6.07) is 25.7. The van der Waals surface area contributed by atoms with Crippen molar-refractivity contribution in [3.8, 4) is 17.6 Å². The highest BCUT2D eigenvalue weighted by Gasteiger charge is 2.12. The largest absolute Gasteiger partial charge is 0.493 e. The van der Waals surface area contributed by atoms with Crippen LogP contribution in [0.25, 0.3) is 6.08 Å². The van der Waals surface area contributed by atoms with Gasteiger partial charge in [0.1, 0.15) is 11.6 Å². The van der Waals surface area contributed by atoms with Gasteiger partial charge in [0, 0.05) is 12.2 Å². The maximum absolute atomic E-state index is 12.4. The molecule has 0 aliphatic carbocycles. The lowest BCUT2D eigenvalue weighted by Gasteiger charge is -2.12. The second-order valence-electron chi connectivity index (χ2n) is 7.27. The molecule has 0 bridgehead atoms. The summed E-state index contributed by atoms with van der Waals surface area (Å²) in [4.78, 5) is 24.5. The fourth-order valence-electron chi connectivity index (χ4n) is 3.13. The zero-order valence-corrected chi connectivity index (χ0v) is 18.8. The second kappa shape index (κ2) is 12.5. The highest BCUT2D eigenvalue weighted by molar-refractivity contribution is 6.01. The van der Waals surface area contributed by atoms with E-state index in [0.717, 1.165) is 5.56 Å². The van der Waals surface area contributed by atoms with Gasteiger partial charge in [0.05, 0.1) is 7.11 Å². The predicted molar refractivity (Wildman–Crippen MR) is 130 cm³/mol. The molecule has 34 heavy (non-hydrogen) atoms. The van der Waals surface area contributed by atoms with E-state index in [0.29, 0.717) is 35.7 Å². The Morgan fingerprint density at radius 2 is 1.68 bits per heavy atom. The van der Waals surface area contributed by atoms with Crippen LogP contribution in [0.4, 0.5) is 5.69 Å². The number of ether oxygens (including phenoxy) is 2. The number of nitrogens with zero attached hydrogens (tertiary/aromatic N) is 1. The molecule has 0 aliphatic heterocycles. The van der Waals surface area contributed by atoms with Crippen LogP contribution in [-0.2, 0) is 16.0 Å². The number of hydrogen-bond donors (Lipinski definition) is 2. The number of amides is 2. The molecule has 2 N–H and O–H groups in total. The fourth-order valence-corrected chi connectivity index (χ4v) is 3.13. The number of carbonyl (C=O) groups is 2. The van der Waals surface area contributed by atoms with Crippen molar-refractivity contribution < 1.29 is 19.1 Å². The van der Waals surface area contributed by atoms with Crippen molar-refractivity contribution in [3.05, 3.63) is 95.6 Å². The first kappa shape index (κ1) is 24.1. The number of nitriles is 1. The van der Waals surface area contributed by atoms with E-state index in [4.69, 9.17) is 9.47 Å². The number of hydrogen-bond acceptors (Lipinski definition) is 5. The van der Waals surface area contributed by atoms with E-state index in [1.165, 1.54) is 13.2 Å². The van der Waals surface area contributed by atoms with Gasteiger partial charge in [0.25, 0.3) is 11.8 Å². The Morgan fingerprint density at radius 3 is 2.35 bits per heavy atom. The summed E-state index contributed by atoms with van der Waals surface area (Å²) in [6.45, 7) is 0.219. The summed E-state index contributed by atoms with van der Waals surface area (Å²) in [5, 5.41) is 14.9. The Hall–Kier alpha value is -4.57. The molecular formula is C27H25N3O4. The van der Waals surface area contributed by atoms with Crippen molar-refractivity contribution in [1.82, 2.24) is 5.32 Å². The Morgan fingerprint density at radius 1 is 0.971 bits per heavy atom. The van der Waals surface area contributed by atoms with Crippen LogP contribution in [0.3, 0.4) is 0 Å². The number of nitrogens with one attached hydrogen (secondary N) is 2. The summed E-state index contributed by atoms with van der Waals surface area (Å²) in [5.74, 6) is -0.0109. The number of carbonyl (C=O) groups excluding carboxylic acids is 2. The Kier molecular flexibility index (Phi) is 8.83. The molecule has 0 aliphatic rings. The maximum Gasteiger partial charge on any atom is 0.262 e. The van der Waals surface area contributed by atoms with Gasteiger partial charge < -0.3 is 20.1 Å². The van der Waals surface area contributed by atoms with E-state index in [9.17, 15) is 14.9 Å². The molecule has 0 fully saturated rings. The van der Waals surface area contributed by atoms with Crippen molar-refractivity contribution in [2.45, 2.75) is 6.42 Å². The lowest BCUT2D eigenvalue weighted by Crippen LogP contribution is -2.26. The number of rotatable bonds is 10. The van der Waals surface area contributed by atoms with Gasteiger partial charge in [-0.25, -0.2) is 0 Å². The van der Waals surface area contributed by atoms with Gasteiger partial charge in [-0.3, -0.25) is 9.59 Å². The van der Waals surface area contributed by atoms with Crippen LogP contribution in [0, 0.1) is 11.3 Å². The molecule has 0 spiro atoms. The molecule has 0 saturated carbocycles. The zero-order valence-electron chi connectivity index (χ0n) is 18.8. The van der Waals surface area contributed by atoms with E-state index < -0.39 is 5.91 Å². The first-order chi connectivity index (χ1) is 16.6. The molecule has 2 amide bonds. The van der Waals surface area contributed by atoms with Gasteiger partial charge in [-0.2, -0.15) is 5.26 Å². The van der Waals surface area contributed by atoms with Crippen LogP contribution in [0.2, 0.25) is 0 Å². The molecule has 3 aromatic carbocycles. The van der Waals surface area contributed by atoms with Crippen LogP contribution in [-0.4, -0.2) is 32.1 Å². The van der Waals surface area contributed by atoms with Crippen LogP contribution in [0.5, 0.6) is 11.5 Å². The number of benzene rings is 3. The van der Waals surface area contributed by atoms with Gasteiger partial charge in [-0.15, -0.1) is 0 Å². The van der Waals surface area contributed by atoms with Crippen LogP contribution in [0.1, 0.15) is 11.1 Å². The fraction of sp³-hybridized carbons (Fsp3) is 0.148. The molecule has 7 heteroatoms. The highest BCUT2D eigenvalue weighted by Crippen LogP contribution is 2.29. The first-order valence-corrected chi connectivity index (χ1v) is 10.7. The van der Waals surface area contributed by atoms with Gasteiger partial charge in [0.15, 0.2) is 18.1 Å². The molecule has 0 unspecified atom stereocenters. The number of anilines is 1. The van der Waals surface area contributed by atoms with Crippen molar-refractivity contribution in [2.75, 3.05) is 25.6 Å².